The molecule has 8 heteroatoms. The summed E-state index contributed by atoms with van der Waals surface area (Å²) in [4.78, 5) is 11.5. The number of hydrogen-bond donors (Lipinski definition) is 2. The van der Waals surface area contributed by atoms with E-state index in [1.807, 2.05) is 0 Å². The van der Waals surface area contributed by atoms with Crippen LogP contribution in [0.25, 0.3) is 11.3 Å². The second kappa shape index (κ2) is 2.84. The lowest BCUT2D eigenvalue weighted by atomic mass is 10.7. The molecule has 0 radical (unpaired) electrons. The van der Waals surface area contributed by atoms with Gasteiger partial charge in [0.1, 0.15) is 0 Å². The molecule has 0 aliphatic carbocycles. The Labute approximate surface area is 83.4 Å². The Hall–Kier alpha value is -1.80. The van der Waals surface area contributed by atoms with Crippen molar-refractivity contribution in [3.8, 4) is 0 Å². The van der Waals surface area contributed by atoms with Crippen molar-refractivity contribution in [2.24, 2.45) is 14.1 Å². The molecule has 0 unspecified atom stereocenters. The molecule has 0 saturated carbocycles. The number of rotatable bonds is 1. The third-order valence-electron chi connectivity index (χ3n) is 2.29. The first kappa shape index (κ1) is 9.74. The molecule has 2 N–H and O–H groups in total. The lowest BCUT2D eigenvalue weighted by molar-refractivity contribution is -0.581. The normalized spacial score (nSPS) is 11.8. The van der Waals surface area contributed by atoms with Gasteiger partial charge in [-0.1, -0.05) is 0 Å². The van der Waals surface area contributed by atoms with Crippen molar-refractivity contribution in [3.63, 3.8) is 0 Å². The van der Waals surface area contributed by atoms with Crippen LogP contribution in [0.4, 0.5) is 0 Å². The molecular weight excluding hydrogens is 204 g/mol. The van der Waals surface area contributed by atoms with Gasteiger partial charge in [-0.25, -0.2) is 18.7 Å². The Morgan fingerprint density at radius 1 is 1.47 bits per heavy atom. The number of hydrogen-bond acceptors (Lipinski definition) is 4. The van der Waals surface area contributed by atoms with Crippen molar-refractivity contribution in [2.45, 2.75) is 6.41 Å². The fourth-order valence-corrected chi connectivity index (χ4v) is 1.65. The molecule has 0 bridgehead atoms. The zero-order valence-corrected chi connectivity index (χ0v) is 8.15. The number of aryl methyl sites for hydroxylation is 2. The molecule has 2 aromatic heterocycles. The zero-order chi connectivity index (χ0) is 11.3. The molecule has 0 saturated heterocycles. The molecule has 8 nitrogen and oxygen atoms in total. The lowest BCUT2D eigenvalue weighted by Gasteiger charge is -2.01. The molecule has 2 aromatic rings. The van der Waals surface area contributed by atoms with Crippen molar-refractivity contribution in [2.75, 3.05) is 0 Å². The molecule has 2 rings (SSSR count). The van der Waals surface area contributed by atoms with Gasteiger partial charge in [0.15, 0.2) is 6.33 Å². The number of aliphatic hydroxyl groups excluding tert-OH is 1. The maximum absolute atomic E-state index is 11.5. The fourth-order valence-electron chi connectivity index (χ4n) is 1.65. The second-order valence-corrected chi connectivity index (χ2v) is 3.26. The van der Waals surface area contributed by atoms with Gasteiger partial charge < -0.3 is 15.4 Å². The Morgan fingerprint density at radius 3 is 2.60 bits per heavy atom. The van der Waals surface area contributed by atoms with Gasteiger partial charge in [0.2, 0.25) is 6.41 Å². The maximum Gasteiger partial charge on any atom is 0.393 e. The van der Waals surface area contributed by atoms with Crippen molar-refractivity contribution in [3.05, 3.63) is 22.0 Å². The highest BCUT2D eigenvalue weighted by Gasteiger charge is 2.25. The SMILES string of the molecule is Cn1c[n+]([O-])c2c1n(C(O)O)c(=O)n2C. The van der Waals surface area contributed by atoms with E-state index in [1.165, 1.54) is 25.0 Å². The number of imidazole rings is 2. The molecule has 0 aliphatic heterocycles. The summed E-state index contributed by atoms with van der Waals surface area (Å²) < 4.78 is 3.63. The van der Waals surface area contributed by atoms with E-state index in [1.54, 1.807) is 0 Å². The molecular formula is C7H10N4O4. The first-order chi connectivity index (χ1) is 6.95. The smallest absolute Gasteiger partial charge is 0.393 e. The fraction of sp³-hybridized carbons (Fsp3) is 0.429. The summed E-state index contributed by atoms with van der Waals surface area (Å²) in [6, 6.07) is 0. The first-order valence-electron chi connectivity index (χ1n) is 4.16. The molecule has 0 aromatic carbocycles. The van der Waals surface area contributed by atoms with Crippen molar-refractivity contribution >= 4 is 11.3 Å². The van der Waals surface area contributed by atoms with Gasteiger partial charge in [0.25, 0.3) is 11.3 Å². The first-order valence-corrected chi connectivity index (χ1v) is 4.16. The standard InChI is InChI=1S/C7H10N4O4/c1-8-3-10(15)5-4(8)11(7(13)14)6(12)9(5)2/h3,7,13-14H,1-2H3. The minimum absolute atomic E-state index is 0.0793. The van der Waals surface area contributed by atoms with Crippen LogP contribution in [0.5, 0.6) is 0 Å². The molecule has 0 fully saturated rings. The van der Waals surface area contributed by atoms with Crippen LogP contribution in [0.1, 0.15) is 6.41 Å². The van der Waals surface area contributed by atoms with Crippen molar-refractivity contribution < 1.29 is 14.9 Å². The van der Waals surface area contributed by atoms with Gasteiger partial charge >= 0.3 is 5.69 Å². The van der Waals surface area contributed by atoms with E-state index in [2.05, 4.69) is 0 Å². The third-order valence-corrected chi connectivity index (χ3v) is 2.29. The molecule has 0 amide bonds. The summed E-state index contributed by atoms with van der Waals surface area (Å²) >= 11 is 0. The topological polar surface area (TPSA) is 99.3 Å². The van der Waals surface area contributed by atoms with Crippen LogP contribution >= 0.6 is 0 Å². The summed E-state index contributed by atoms with van der Waals surface area (Å²) in [5, 5.41) is 29.4. The van der Waals surface area contributed by atoms with E-state index in [0.29, 0.717) is 4.73 Å². The molecule has 82 valence electrons. The van der Waals surface area contributed by atoms with E-state index in [-0.39, 0.29) is 11.3 Å². The van der Waals surface area contributed by atoms with E-state index in [9.17, 15) is 10.0 Å². The van der Waals surface area contributed by atoms with Crippen LogP contribution in [0.15, 0.2) is 11.1 Å². The maximum atomic E-state index is 11.5. The van der Waals surface area contributed by atoms with Crippen molar-refractivity contribution in [1.82, 2.24) is 13.7 Å². The Morgan fingerprint density at radius 2 is 2.07 bits per heavy atom. The summed E-state index contributed by atoms with van der Waals surface area (Å²) in [6.07, 6.45) is -0.766. The van der Waals surface area contributed by atoms with Crippen LogP contribution in [-0.4, -0.2) is 23.9 Å². The molecule has 0 atom stereocenters. The van der Waals surface area contributed by atoms with E-state index in [0.717, 1.165) is 9.13 Å². The quantitative estimate of drug-likeness (QED) is 0.318. The molecule has 0 spiro atoms. The minimum atomic E-state index is -1.96. The largest absolute Gasteiger partial charge is 0.740 e. The van der Waals surface area contributed by atoms with Gasteiger partial charge in [-0.3, -0.25) is 0 Å². The van der Waals surface area contributed by atoms with Crippen LogP contribution in [0.3, 0.4) is 0 Å². The summed E-state index contributed by atoms with van der Waals surface area (Å²) in [5.41, 5.74) is -0.418. The van der Waals surface area contributed by atoms with Gasteiger partial charge in [-0.05, 0) is 0 Å². The van der Waals surface area contributed by atoms with Crippen LogP contribution < -0.4 is 10.4 Å². The Balaban J connectivity index is 3.03. The molecule has 0 aliphatic rings. The van der Waals surface area contributed by atoms with Gasteiger partial charge in [-0.2, -0.15) is 4.57 Å². The average molecular weight is 214 g/mol. The minimum Gasteiger partial charge on any atom is -0.740 e. The molecule has 15 heavy (non-hydrogen) atoms. The van der Waals surface area contributed by atoms with Crippen LogP contribution in [-0.2, 0) is 14.1 Å². The zero-order valence-electron chi connectivity index (χ0n) is 8.15. The summed E-state index contributed by atoms with van der Waals surface area (Å²) in [5.74, 6) is 0. The summed E-state index contributed by atoms with van der Waals surface area (Å²) in [6.45, 7) is 0. The lowest BCUT2D eigenvalue weighted by Crippen LogP contribution is -2.31. The highest BCUT2D eigenvalue weighted by Crippen LogP contribution is 2.10. The summed E-state index contributed by atoms with van der Waals surface area (Å²) in [7, 11) is 2.92. The highest BCUT2D eigenvalue weighted by atomic mass is 16.5. The van der Waals surface area contributed by atoms with Crippen molar-refractivity contribution in [1.29, 1.82) is 0 Å². The third kappa shape index (κ3) is 1.09. The van der Waals surface area contributed by atoms with Gasteiger partial charge in [-0.15, -0.1) is 0 Å². The number of nitrogens with zero attached hydrogens (tertiary/aromatic N) is 4. The van der Waals surface area contributed by atoms with E-state index in [4.69, 9.17) is 10.2 Å². The van der Waals surface area contributed by atoms with E-state index < -0.39 is 12.1 Å². The molecule has 2 heterocycles. The monoisotopic (exact) mass is 214 g/mol. The second-order valence-electron chi connectivity index (χ2n) is 3.26. The number of fused-ring (bicyclic) bond motifs is 1. The predicted octanol–water partition coefficient (Wildman–Crippen LogP) is -2.25. The number of aromatic nitrogens is 4. The predicted molar refractivity (Wildman–Crippen MR) is 48.6 cm³/mol. The Kier molecular flexibility index (Phi) is 1.85. The average Bonchev–Trinajstić information content (AvgIpc) is 2.54. The number of aliphatic hydroxyl groups is 2. The van der Waals surface area contributed by atoms with Crippen LogP contribution in [0.2, 0.25) is 0 Å². The highest BCUT2D eigenvalue weighted by molar-refractivity contribution is 5.64. The van der Waals surface area contributed by atoms with Gasteiger partial charge in [0.05, 0.1) is 14.1 Å². The van der Waals surface area contributed by atoms with E-state index >= 15 is 0 Å². The van der Waals surface area contributed by atoms with Gasteiger partial charge in [0, 0.05) is 0 Å². The Bertz CT molecular complexity index is 576. The van der Waals surface area contributed by atoms with Crippen LogP contribution in [0, 0.1) is 5.21 Å².